The van der Waals surface area contributed by atoms with E-state index >= 15 is 0 Å². The van der Waals surface area contributed by atoms with Crippen molar-refractivity contribution in [3.8, 4) is 17.1 Å². The van der Waals surface area contributed by atoms with E-state index in [1.165, 1.54) is 25.3 Å². The molecule has 0 saturated carbocycles. The van der Waals surface area contributed by atoms with Crippen LogP contribution in [-0.4, -0.2) is 27.0 Å². The van der Waals surface area contributed by atoms with E-state index in [0.29, 0.717) is 5.56 Å². The van der Waals surface area contributed by atoms with Crippen molar-refractivity contribution in [2.75, 3.05) is 18.6 Å². The predicted octanol–water partition coefficient (Wildman–Crippen LogP) is 0.620. The predicted molar refractivity (Wildman–Crippen MR) is 67.3 cm³/mol. The van der Waals surface area contributed by atoms with Gasteiger partial charge in [-0.15, -0.1) is 0 Å². The maximum Gasteiger partial charge on any atom is 0.310 e. The molecule has 0 saturated heterocycles. The summed E-state index contributed by atoms with van der Waals surface area (Å²) in [5, 5.41) is 10.8. The molecule has 4 N–H and O–H groups in total. The lowest BCUT2D eigenvalue weighted by atomic mass is 10.2. The highest BCUT2D eigenvalue weighted by Gasteiger charge is 2.16. The van der Waals surface area contributed by atoms with E-state index in [1.807, 2.05) is 0 Å². The molecule has 0 fully saturated rings. The zero-order chi connectivity index (χ0) is 14.0. The summed E-state index contributed by atoms with van der Waals surface area (Å²) in [7, 11) is 1.34. The van der Waals surface area contributed by atoms with Gasteiger partial charge in [-0.1, -0.05) is 0 Å². The fourth-order valence-corrected chi connectivity index (χ4v) is 1.51. The van der Waals surface area contributed by atoms with Crippen molar-refractivity contribution < 1.29 is 9.66 Å². The molecular weight excluding hydrogens is 252 g/mol. The smallest absolute Gasteiger partial charge is 0.310 e. The van der Waals surface area contributed by atoms with Gasteiger partial charge in [0, 0.05) is 11.6 Å². The second-order valence-corrected chi connectivity index (χ2v) is 3.52. The summed E-state index contributed by atoms with van der Waals surface area (Å²) < 4.78 is 4.95. The van der Waals surface area contributed by atoms with E-state index in [9.17, 15) is 10.1 Å². The lowest BCUT2D eigenvalue weighted by molar-refractivity contribution is -0.385. The lowest BCUT2D eigenvalue weighted by Gasteiger charge is -2.05. The molecule has 2 rings (SSSR count). The van der Waals surface area contributed by atoms with Crippen LogP contribution in [0, 0.1) is 10.1 Å². The number of hydrogen-bond acceptors (Lipinski definition) is 8. The molecule has 19 heavy (non-hydrogen) atoms. The van der Waals surface area contributed by atoms with Crippen molar-refractivity contribution >= 4 is 17.6 Å². The standard InChI is InChI=1S/C10H10N6O3/c1-19-7-4-5(2-3-6(7)16(17)18)8-13-9(11)15-10(12)14-8/h2-4H,1H3,(H4,11,12,13,14,15). The van der Waals surface area contributed by atoms with Crippen LogP contribution in [0.15, 0.2) is 18.2 Å². The fourth-order valence-electron chi connectivity index (χ4n) is 1.51. The molecule has 0 radical (unpaired) electrons. The van der Waals surface area contributed by atoms with Gasteiger partial charge in [-0.05, 0) is 12.1 Å². The normalized spacial score (nSPS) is 10.2. The Balaban J connectivity index is 2.54. The van der Waals surface area contributed by atoms with Gasteiger partial charge in [0.15, 0.2) is 11.6 Å². The number of benzene rings is 1. The van der Waals surface area contributed by atoms with Gasteiger partial charge in [0.2, 0.25) is 11.9 Å². The third kappa shape index (κ3) is 2.49. The molecule has 0 unspecified atom stereocenters. The third-order valence-corrected chi connectivity index (χ3v) is 2.30. The minimum Gasteiger partial charge on any atom is -0.490 e. The monoisotopic (exact) mass is 262 g/mol. The summed E-state index contributed by atoms with van der Waals surface area (Å²) in [6.07, 6.45) is 0. The fraction of sp³-hybridized carbons (Fsp3) is 0.100. The van der Waals surface area contributed by atoms with Crippen molar-refractivity contribution in [1.29, 1.82) is 0 Å². The molecule has 0 aliphatic rings. The van der Waals surface area contributed by atoms with Gasteiger partial charge in [0.1, 0.15) is 0 Å². The Kier molecular flexibility index (Phi) is 3.10. The quantitative estimate of drug-likeness (QED) is 0.605. The molecule has 0 amide bonds. The zero-order valence-electron chi connectivity index (χ0n) is 9.90. The van der Waals surface area contributed by atoms with E-state index in [0.717, 1.165) is 0 Å². The van der Waals surface area contributed by atoms with Crippen LogP contribution in [0.1, 0.15) is 0 Å². The van der Waals surface area contributed by atoms with Crippen molar-refractivity contribution in [3.63, 3.8) is 0 Å². The number of nitrogens with zero attached hydrogens (tertiary/aromatic N) is 4. The number of anilines is 2. The molecule has 0 aliphatic carbocycles. The van der Waals surface area contributed by atoms with Crippen LogP contribution in [0.25, 0.3) is 11.4 Å². The number of methoxy groups -OCH3 is 1. The number of nitrogen functional groups attached to an aromatic ring is 2. The first-order valence-electron chi connectivity index (χ1n) is 5.11. The highest BCUT2D eigenvalue weighted by molar-refractivity contribution is 5.64. The van der Waals surface area contributed by atoms with Crippen molar-refractivity contribution in [1.82, 2.24) is 15.0 Å². The highest BCUT2D eigenvalue weighted by Crippen LogP contribution is 2.31. The Morgan fingerprint density at radius 3 is 2.37 bits per heavy atom. The van der Waals surface area contributed by atoms with Crippen LogP contribution >= 0.6 is 0 Å². The van der Waals surface area contributed by atoms with E-state index in [-0.39, 0.29) is 29.2 Å². The molecule has 1 heterocycles. The van der Waals surface area contributed by atoms with E-state index in [1.54, 1.807) is 0 Å². The van der Waals surface area contributed by atoms with Crippen molar-refractivity contribution in [2.45, 2.75) is 0 Å². The molecule has 0 bridgehead atoms. The number of nitrogens with two attached hydrogens (primary N) is 2. The topological polar surface area (TPSA) is 143 Å². The molecule has 9 nitrogen and oxygen atoms in total. The summed E-state index contributed by atoms with van der Waals surface area (Å²) in [5.74, 6) is 0.262. The van der Waals surface area contributed by atoms with Crippen LogP contribution in [0.3, 0.4) is 0 Å². The van der Waals surface area contributed by atoms with E-state index in [4.69, 9.17) is 16.2 Å². The lowest BCUT2D eigenvalue weighted by Crippen LogP contribution is -2.04. The SMILES string of the molecule is COc1cc(-c2nc(N)nc(N)n2)ccc1[N+](=O)[O-]. The molecule has 9 heteroatoms. The van der Waals surface area contributed by atoms with Crippen molar-refractivity contribution in [2.24, 2.45) is 0 Å². The number of rotatable bonds is 3. The van der Waals surface area contributed by atoms with E-state index in [2.05, 4.69) is 15.0 Å². The second-order valence-electron chi connectivity index (χ2n) is 3.52. The largest absolute Gasteiger partial charge is 0.490 e. The molecular formula is C10H10N6O3. The first-order chi connectivity index (χ1) is 9.01. The third-order valence-electron chi connectivity index (χ3n) is 2.30. The summed E-state index contributed by atoms with van der Waals surface area (Å²) in [6.45, 7) is 0. The number of nitro groups is 1. The van der Waals surface area contributed by atoms with Crippen LogP contribution < -0.4 is 16.2 Å². The van der Waals surface area contributed by atoms with Crippen molar-refractivity contribution in [3.05, 3.63) is 28.3 Å². The number of hydrogen-bond donors (Lipinski definition) is 2. The van der Waals surface area contributed by atoms with Gasteiger partial charge in [-0.2, -0.15) is 15.0 Å². The highest BCUT2D eigenvalue weighted by atomic mass is 16.6. The summed E-state index contributed by atoms with van der Waals surface area (Å²) in [5.41, 5.74) is 11.3. The molecule has 0 atom stereocenters. The minimum absolute atomic E-state index is 0.0279. The van der Waals surface area contributed by atoms with E-state index < -0.39 is 4.92 Å². The van der Waals surface area contributed by atoms with Gasteiger partial charge >= 0.3 is 5.69 Å². The van der Waals surface area contributed by atoms with Gasteiger partial charge in [0.25, 0.3) is 0 Å². The Bertz CT molecular complexity index is 625. The maximum absolute atomic E-state index is 10.8. The van der Waals surface area contributed by atoms with Gasteiger partial charge in [0.05, 0.1) is 12.0 Å². The molecule has 0 spiro atoms. The Morgan fingerprint density at radius 2 is 1.84 bits per heavy atom. The zero-order valence-corrected chi connectivity index (χ0v) is 9.90. The van der Waals surface area contributed by atoms with Crippen LogP contribution in [0.2, 0.25) is 0 Å². The Labute approximate surface area is 107 Å². The van der Waals surface area contributed by atoms with Crippen LogP contribution in [-0.2, 0) is 0 Å². The maximum atomic E-state index is 10.8. The summed E-state index contributed by atoms with van der Waals surface area (Å²) >= 11 is 0. The number of nitro benzene ring substituents is 1. The van der Waals surface area contributed by atoms with Crippen LogP contribution in [0.4, 0.5) is 17.6 Å². The second kappa shape index (κ2) is 4.72. The van der Waals surface area contributed by atoms with Gasteiger partial charge in [-0.25, -0.2) is 0 Å². The van der Waals surface area contributed by atoms with Gasteiger partial charge in [-0.3, -0.25) is 10.1 Å². The Morgan fingerprint density at radius 1 is 1.21 bits per heavy atom. The molecule has 1 aromatic heterocycles. The van der Waals surface area contributed by atoms with Crippen LogP contribution in [0.5, 0.6) is 5.75 Å². The first-order valence-corrected chi connectivity index (χ1v) is 5.11. The first kappa shape index (κ1) is 12.5. The minimum atomic E-state index is -0.543. The molecule has 1 aromatic carbocycles. The molecule has 98 valence electrons. The summed E-state index contributed by atoms with van der Waals surface area (Å²) in [6, 6.07) is 4.21. The molecule has 0 aliphatic heterocycles. The number of aromatic nitrogens is 3. The average molecular weight is 262 g/mol. The molecule has 2 aromatic rings. The average Bonchev–Trinajstić information content (AvgIpc) is 2.36. The van der Waals surface area contributed by atoms with Gasteiger partial charge < -0.3 is 16.2 Å². The number of ether oxygens (including phenoxy) is 1. The Hall–Kier alpha value is -2.97. The summed E-state index contributed by atoms with van der Waals surface area (Å²) in [4.78, 5) is 21.7.